The number of aromatic nitrogens is 4. The minimum absolute atomic E-state index is 0.00287. The van der Waals surface area contributed by atoms with E-state index in [2.05, 4.69) is 10.2 Å². The lowest BCUT2D eigenvalue weighted by molar-refractivity contribution is 0.595. The van der Waals surface area contributed by atoms with Crippen LogP contribution in [0.25, 0.3) is 5.69 Å². The van der Waals surface area contributed by atoms with Crippen molar-refractivity contribution in [3.05, 3.63) is 66.7 Å². The zero-order valence-electron chi connectivity index (χ0n) is 18.2. The molecule has 0 bridgehead atoms. The molecule has 2 aromatic heterocycles. The van der Waals surface area contributed by atoms with Gasteiger partial charge in [0, 0.05) is 31.4 Å². The molecular weight excluding hydrogens is 436 g/mol. The highest BCUT2D eigenvalue weighted by Gasteiger charge is 2.21. The van der Waals surface area contributed by atoms with Gasteiger partial charge in [-0.3, -0.25) is 18.8 Å². The van der Waals surface area contributed by atoms with E-state index in [1.807, 2.05) is 27.7 Å². The summed E-state index contributed by atoms with van der Waals surface area (Å²) in [7, 11) is 1.80. The van der Waals surface area contributed by atoms with Gasteiger partial charge in [0.05, 0.1) is 11.4 Å². The van der Waals surface area contributed by atoms with E-state index in [1.165, 1.54) is 9.25 Å². The average molecular weight is 461 g/mol. The summed E-state index contributed by atoms with van der Waals surface area (Å²) in [6.45, 7) is 8.74. The van der Waals surface area contributed by atoms with Crippen LogP contribution in [-0.2, 0) is 20.1 Å². The summed E-state index contributed by atoms with van der Waals surface area (Å²) in [5, 5.41) is 9.00. The van der Waals surface area contributed by atoms with Crippen molar-refractivity contribution >= 4 is 35.2 Å². The van der Waals surface area contributed by atoms with Crippen LogP contribution in [0, 0.1) is 4.77 Å². The van der Waals surface area contributed by atoms with Crippen LogP contribution in [0.15, 0.2) is 50.3 Å². The predicted octanol–water partition coefficient (Wildman–Crippen LogP) is 5.10. The van der Waals surface area contributed by atoms with Gasteiger partial charge in [0.25, 0.3) is 11.1 Å². The first-order valence-electron chi connectivity index (χ1n) is 10.0. The molecule has 10 heteroatoms. The molecule has 0 radical (unpaired) electrons. The molecule has 164 valence electrons. The van der Waals surface area contributed by atoms with Crippen molar-refractivity contribution in [1.82, 2.24) is 18.5 Å². The number of rotatable bonds is 6. The highest BCUT2D eigenvalue weighted by atomic mass is 35.5. The molecule has 0 amide bonds. The van der Waals surface area contributed by atoms with Gasteiger partial charge in [-0.25, -0.2) is 4.68 Å². The van der Waals surface area contributed by atoms with E-state index < -0.39 is 0 Å². The van der Waals surface area contributed by atoms with Crippen molar-refractivity contribution in [3.8, 4) is 5.69 Å². The first-order valence-corrected chi connectivity index (χ1v) is 10.8. The Morgan fingerprint density at radius 3 is 2.23 bits per heavy atom. The number of benzene rings is 1. The molecule has 0 unspecified atom stereocenters. The van der Waals surface area contributed by atoms with Crippen LogP contribution in [0.1, 0.15) is 39.3 Å². The lowest BCUT2D eigenvalue weighted by Gasteiger charge is -2.12. The van der Waals surface area contributed by atoms with E-state index in [9.17, 15) is 9.59 Å². The molecule has 8 nitrogen and oxygen atoms in total. The first-order chi connectivity index (χ1) is 14.7. The van der Waals surface area contributed by atoms with E-state index in [-0.39, 0.29) is 28.4 Å². The maximum absolute atomic E-state index is 13.3. The van der Waals surface area contributed by atoms with Gasteiger partial charge in [0.2, 0.25) is 0 Å². The predicted molar refractivity (Wildman–Crippen MR) is 125 cm³/mol. The van der Waals surface area contributed by atoms with Gasteiger partial charge in [0.15, 0.2) is 16.1 Å². The van der Waals surface area contributed by atoms with Gasteiger partial charge in [-0.15, -0.1) is 10.2 Å². The maximum Gasteiger partial charge on any atom is 0.299 e. The smallest absolute Gasteiger partial charge is 0.299 e. The van der Waals surface area contributed by atoms with Crippen molar-refractivity contribution in [2.24, 2.45) is 17.3 Å². The van der Waals surface area contributed by atoms with Crippen LogP contribution in [-0.4, -0.2) is 18.5 Å². The quantitative estimate of drug-likeness (QED) is 0.379. The Bertz CT molecular complexity index is 1310. The van der Waals surface area contributed by atoms with Gasteiger partial charge >= 0.3 is 0 Å². The molecule has 2 heterocycles. The van der Waals surface area contributed by atoms with Crippen molar-refractivity contribution in [2.45, 2.75) is 46.7 Å². The fourth-order valence-electron chi connectivity index (χ4n) is 3.54. The third-order valence-electron chi connectivity index (χ3n) is 5.04. The Kier molecular flexibility index (Phi) is 6.76. The SMILES string of the molecule is CCn1cc(N=Nc2c(C(C)C)n(C)n(-c3ccc(Cl)cc3)c2=O)c(=O)n(CC)c1=S. The van der Waals surface area contributed by atoms with Crippen LogP contribution < -0.4 is 11.1 Å². The van der Waals surface area contributed by atoms with Crippen LogP contribution in [0.2, 0.25) is 5.02 Å². The highest BCUT2D eigenvalue weighted by molar-refractivity contribution is 7.71. The molecule has 0 saturated carbocycles. The minimum atomic E-state index is -0.332. The van der Waals surface area contributed by atoms with Gasteiger partial charge in [-0.2, -0.15) is 0 Å². The fourth-order valence-corrected chi connectivity index (χ4v) is 4.06. The Balaban J connectivity index is 2.21. The lowest BCUT2D eigenvalue weighted by atomic mass is 10.1. The molecule has 0 aliphatic carbocycles. The number of halogens is 1. The number of hydrogen-bond acceptors (Lipinski definition) is 5. The molecule has 0 fully saturated rings. The van der Waals surface area contributed by atoms with Gasteiger partial charge < -0.3 is 4.57 Å². The summed E-state index contributed by atoms with van der Waals surface area (Å²) in [5.41, 5.74) is 1.04. The number of nitrogens with zero attached hydrogens (tertiary/aromatic N) is 6. The number of hydrogen-bond donors (Lipinski definition) is 0. The summed E-state index contributed by atoms with van der Waals surface area (Å²) in [4.78, 5) is 26.0. The van der Waals surface area contributed by atoms with E-state index in [1.54, 1.807) is 46.8 Å². The van der Waals surface area contributed by atoms with Crippen LogP contribution in [0.5, 0.6) is 0 Å². The Labute approximate surface area is 190 Å². The zero-order valence-corrected chi connectivity index (χ0v) is 19.7. The molecule has 0 atom stereocenters. The molecule has 0 saturated heterocycles. The number of azo groups is 1. The summed E-state index contributed by atoms with van der Waals surface area (Å²) in [5.74, 6) is 0.00287. The third kappa shape index (κ3) is 4.20. The highest BCUT2D eigenvalue weighted by Crippen LogP contribution is 2.27. The Morgan fingerprint density at radius 2 is 1.68 bits per heavy atom. The lowest BCUT2D eigenvalue weighted by Crippen LogP contribution is -2.23. The average Bonchev–Trinajstić information content (AvgIpc) is 2.98. The molecular formula is C21H25ClN6O2S. The summed E-state index contributed by atoms with van der Waals surface area (Å²) in [6, 6.07) is 6.97. The second-order valence-corrected chi connectivity index (χ2v) is 8.14. The Hall–Kier alpha value is -2.78. The summed E-state index contributed by atoms with van der Waals surface area (Å²) in [6.07, 6.45) is 1.58. The second kappa shape index (κ2) is 9.15. The van der Waals surface area contributed by atoms with Crippen molar-refractivity contribution in [1.29, 1.82) is 0 Å². The maximum atomic E-state index is 13.3. The standard InChI is InChI=1S/C21H25ClN6O2S/c1-6-26-12-16(19(29)27(7-2)21(26)31)23-24-17-18(13(3)4)25(5)28(20(17)30)15-10-8-14(22)9-11-15/h8-13H,6-7H2,1-5H3. The van der Waals surface area contributed by atoms with E-state index in [4.69, 9.17) is 23.8 Å². The van der Waals surface area contributed by atoms with E-state index in [0.29, 0.717) is 34.3 Å². The monoisotopic (exact) mass is 460 g/mol. The van der Waals surface area contributed by atoms with Crippen LogP contribution >= 0.6 is 23.8 Å². The van der Waals surface area contributed by atoms with E-state index in [0.717, 1.165) is 0 Å². The zero-order chi connectivity index (χ0) is 22.9. The largest absolute Gasteiger partial charge is 0.323 e. The first kappa shape index (κ1) is 22.9. The molecule has 3 aromatic rings. The molecule has 0 N–H and O–H groups in total. The number of aryl methyl sites for hydroxylation is 1. The minimum Gasteiger partial charge on any atom is -0.323 e. The second-order valence-electron chi connectivity index (χ2n) is 7.34. The third-order valence-corrected chi connectivity index (χ3v) is 5.74. The van der Waals surface area contributed by atoms with Crippen molar-refractivity contribution in [2.75, 3.05) is 0 Å². The topological polar surface area (TPSA) is 78.6 Å². The molecule has 0 aliphatic heterocycles. The summed E-state index contributed by atoms with van der Waals surface area (Å²) < 4.78 is 6.93. The molecule has 0 aliphatic rings. The van der Waals surface area contributed by atoms with Crippen LogP contribution in [0.3, 0.4) is 0 Å². The fraction of sp³-hybridized carbons (Fsp3) is 0.381. The van der Waals surface area contributed by atoms with Gasteiger partial charge in [-0.1, -0.05) is 25.4 Å². The van der Waals surface area contributed by atoms with Crippen molar-refractivity contribution < 1.29 is 0 Å². The molecule has 3 rings (SSSR count). The van der Waals surface area contributed by atoms with Gasteiger partial charge in [-0.05, 0) is 56.2 Å². The normalized spacial score (nSPS) is 11.7. The molecule has 1 aromatic carbocycles. The van der Waals surface area contributed by atoms with Gasteiger partial charge in [0.1, 0.15) is 0 Å². The van der Waals surface area contributed by atoms with Crippen LogP contribution in [0.4, 0.5) is 11.4 Å². The van der Waals surface area contributed by atoms with Crippen molar-refractivity contribution in [3.63, 3.8) is 0 Å². The summed E-state index contributed by atoms with van der Waals surface area (Å²) >= 11 is 11.4. The van der Waals surface area contributed by atoms with E-state index >= 15 is 0 Å². The Morgan fingerprint density at radius 1 is 1.03 bits per heavy atom. The molecule has 0 spiro atoms. The molecule has 31 heavy (non-hydrogen) atoms.